The lowest BCUT2D eigenvalue weighted by atomic mass is 9.95. The third-order valence-corrected chi connectivity index (χ3v) is 5.93. The number of rotatable bonds is 6. The summed E-state index contributed by atoms with van der Waals surface area (Å²) < 4.78 is 34.0. The molecule has 1 aliphatic rings. The fraction of sp³-hybridized carbons (Fsp3) is 0.280. The lowest BCUT2D eigenvalue weighted by molar-refractivity contribution is 0.313. The zero-order chi connectivity index (χ0) is 23.5. The highest BCUT2D eigenvalue weighted by atomic mass is 19.1. The van der Waals surface area contributed by atoms with Gasteiger partial charge < -0.3 is 9.84 Å². The summed E-state index contributed by atoms with van der Waals surface area (Å²) in [6, 6.07) is 13.4. The van der Waals surface area contributed by atoms with Crippen LogP contribution in [-0.4, -0.2) is 33.0 Å². The van der Waals surface area contributed by atoms with Crippen molar-refractivity contribution in [1.29, 1.82) is 0 Å². The molecule has 0 amide bonds. The summed E-state index contributed by atoms with van der Waals surface area (Å²) in [6.07, 6.45) is 2.95. The van der Waals surface area contributed by atoms with Gasteiger partial charge in [0.2, 0.25) is 11.7 Å². The Kier molecular flexibility index (Phi) is 6.27. The molecule has 1 fully saturated rings. The molecule has 0 radical (unpaired) electrons. The van der Waals surface area contributed by atoms with Crippen LogP contribution in [0.15, 0.2) is 63.9 Å². The molecule has 34 heavy (non-hydrogen) atoms. The second kappa shape index (κ2) is 9.64. The van der Waals surface area contributed by atoms with Gasteiger partial charge in [0.05, 0.1) is 12.2 Å². The molecule has 0 unspecified atom stereocenters. The highest BCUT2D eigenvalue weighted by Crippen LogP contribution is 2.22. The molecule has 1 saturated heterocycles. The van der Waals surface area contributed by atoms with E-state index in [1.165, 1.54) is 28.9 Å². The molecule has 4 aromatic rings. The smallest absolute Gasteiger partial charge is 0.267 e. The van der Waals surface area contributed by atoms with E-state index in [9.17, 15) is 13.6 Å². The van der Waals surface area contributed by atoms with E-state index in [1.54, 1.807) is 0 Å². The van der Waals surface area contributed by atoms with Crippen LogP contribution >= 0.6 is 0 Å². The van der Waals surface area contributed by atoms with E-state index in [0.29, 0.717) is 23.3 Å². The predicted molar refractivity (Wildman–Crippen MR) is 122 cm³/mol. The number of aromatic nitrogens is 4. The molecule has 0 saturated carbocycles. The SMILES string of the molecule is O=c1ccc(-c2cc(F)cc(F)c2)nn1Cc1cccc(-c2noc(CC3CCNCC3)n2)c1. The van der Waals surface area contributed by atoms with Gasteiger partial charge in [-0.15, -0.1) is 0 Å². The summed E-state index contributed by atoms with van der Waals surface area (Å²) in [5, 5.41) is 11.8. The molecule has 0 atom stereocenters. The largest absolute Gasteiger partial charge is 0.339 e. The van der Waals surface area contributed by atoms with E-state index in [4.69, 9.17) is 4.52 Å². The van der Waals surface area contributed by atoms with Crippen molar-refractivity contribution in [2.45, 2.75) is 25.8 Å². The van der Waals surface area contributed by atoms with Gasteiger partial charge in [-0.3, -0.25) is 4.79 Å². The topological polar surface area (TPSA) is 85.8 Å². The summed E-state index contributed by atoms with van der Waals surface area (Å²) in [7, 11) is 0. The van der Waals surface area contributed by atoms with Crippen LogP contribution in [0.3, 0.4) is 0 Å². The van der Waals surface area contributed by atoms with Crippen molar-refractivity contribution in [2.75, 3.05) is 13.1 Å². The fourth-order valence-electron chi connectivity index (χ4n) is 4.19. The van der Waals surface area contributed by atoms with Gasteiger partial charge in [0.25, 0.3) is 5.56 Å². The first-order chi connectivity index (χ1) is 16.5. The molecule has 0 aliphatic carbocycles. The van der Waals surface area contributed by atoms with E-state index >= 15 is 0 Å². The van der Waals surface area contributed by atoms with Crippen LogP contribution in [0, 0.1) is 17.6 Å². The Labute approximate surface area is 194 Å². The zero-order valence-electron chi connectivity index (χ0n) is 18.4. The number of hydrogen-bond donors (Lipinski definition) is 1. The first-order valence-corrected chi connectivity index (χ1v) is 11.2. The molecular weight excluding hydrogens is 440 g/mol. The molecular formula is C25H23F2N5O2. The Bertz CT molecular complexity index is 1340. The van der Waals surface area contributed by atoms with E-state index < -0.39 is 11.6 Å². The standard InChI is InChI=1S/C25H23F2N5O2/c26-20-12-19(13-21(27)14-20)22-4-5-24(33)32(30-22)15-17-2-1-3-18(10-17)25-29-23(34-31-25)11-16-6-8-28-9-7-16/h1-5,10,12-14,16,28H,6-9,11,15H2. The highest BCUT2D eigenvalue weighted by Gasteiger charge is 2.18. The van der Waals surface area contributed by atoms with Crippen molar-refractivity contribution in [1.82, 2.24) is 25.2 Å². The Morgan fingerprint density at radius 2 is 1.79 bits per heavy atom. The summed E-state index contributed by atoms with van der Waals surface area (Å²) in [5.41, 5.74) is 1.81. The lowest BCUT2D eigenvalue weighted by Gasteiger charge is -2.20. The quantitative estimate of drug-likeness (QED) is 0.468. The van der Waals surface area contributed by atoms with E-state index in [-0.39, 0.29) is 17.7 Å². The Balaban J connectivity index is 1.36. The van der Waals surface area contributed by atoms with Crippen LogP contribution in [0.25, 0.3) is 22.6 Å². The lowest BCUT2D eigenvalue weighted by Crippen LogP contribution is -2.28. The monoisotopic (exact) mass is 463 g/mol. The van der Waals surface area contributed by atoms with Gasteiger partial charge >= 0.3 is 0 Å². The van der Waals surface area contributed by atoms with Crippen LogP contribution in [-0.2, 0) is 13.0 Å². The van der Waals surface area contributed by atoms with E-state index in [0.717, 1.165) is 49.5 Å². The molecule has 7 nitrogen and oxygen atoms in total. The maximum atomic E-state index is 13.6. The summed E-state index contributed by atoms with van der Waals surface area (Å²) >= 11 is 0. The number of nitrogens with one attached hydrogen (secondary N) is 1. The Morgan fingerprint density at radius 1 is 1.00 bits per heavy atom. The predicted octanol–water partition coefficient (Wildman–Crippen LogP) is 3.83. The van der Waals surface area contributed by atoms with Crippen molar-refractivity contribution in [2.24, 2.45) is 5.92 Å². The summed E-state index contributed by atoms with van der Waals surface area (Å²) in [5.74, 6) is 0.247. The minimum atomic E-state index is -0.707. The average molecular weight is 463 g/mol. The van der Waals surface area contributed by atoms with Crippen LogP contribution in [0.1, 0.15) is 24.3 Å². The zero-order valence-corrected chi connectivity index (χ0v) is 18.4. The normalized spacial score (nSPS) is 14.4. The highest BCUT2D eigenvalue weighted by molar-refractivity contribution is 5.58. The van der Waals surface area contributed by atoms with Crippen molar-refractivity contribution in [3.63, 3.8) is 0 Å². The third-order valence-electron chi connectivity index (χ3n) is 5.93. The third kappa shape index (κ3) is 5.09. The van der Waals surface area contributed by atoms with Crippen LogP contribution in [0.2, 0.25) is 0 Å². The molecule has 2 aromatic carbocycles. The maximum Gasteiger partial charge on any atom is 0.267 e. The van der Waals surface area contributed by atoms with Crippen molar-refractivity contribution in [3.8, 4) is 22.6 Å². The first kappa shape index (κ1) is 22.1. The van der Waals surface area contributed by atoms with Gasteiger partial charge in [-0.2, -0.15) is 10.1 Å². The molecule has 1 aliphatic heterocycles. The van der Waals surface area contributed by atoms with Gasteiger partial charge in [-0.25, -0.2) is 13.5 Å². The molecule has 2 aromatic heterocycles. The fourth-order valence-corrected chi connectivity index (χ4v) is 4.19. The molecule has 0 bridgehead atoms. The molecule has 1 N–H and O–H groups in total. The van der Waals surface area contributed by atoms with Crippen LogP contribution in [0.4, 0.5) is 8.78 Å². The average Bonchev–Trinajstić information content (AvgIpc) is 3.29. The Hall–Kier alpha value is -3.72. The molecule has 5 rings (SSSR count). The van der Waals surface area contributed by atoms with Crippen molar-refractivity contribution in [3.05, 3.63) is 88.0 Å². The van der Waals surface area contributed by atoms with E-state index in [1.807, 2.05) is 24.3 Å². The molecule has 0 spiro atoms. The maximum absolute atomic E-state index is 13.6. The first-order valence-electron chi connectivity index (χ1n) is 11.2. The van der Waals surface area contributed by atoms with Gasteiger partial charge in [-0.1, -0.05) is 23.4 Å². The Morgan fingerprint density at radius 3 is 2.59 bits per heavy atom. The van der Waals surface area contributed by atoms with Gasteiger partial charge in [0.1, 0.15) is 11.6 Å². The molecule has 9 heteroatoms. The number of piperidine rings is 1. The minimum Gasteiger partial charge on any atom is -0.339 e. The van der Waals surface area contributed by atoms with Gasteiger partial charge in [-0.05, 0) is 61.7 Å². The summed E-state index contributed by atoms with van der Waals surface area (Å²) in [4.78, 5) is 17.0. The minimum absolute atomic E-state index is 0.179. The number of nitrogens with zero attached hydrogens (tertiary/aromatic N) is 4. The van der Waals surface area contributed by atoms with Gasteiger partial charge in [0, 0.05) is 29.7 Å². The van der Waals surface area contributed by atoms with E-state index in [2.05, 4.69) is 20.6 Å². The number of hydrogen-bond acceptors (Lipinski definition) is 6. The number of halogens is 2. The number of benzene rings is 2. The molecule has 174 valence electrons. The molecule has 3 heterocycles. The van der Waals surface area contributed by atoms with Crippen LogP contribution < -0.4 is 10.9 Å². The van der Waals surface area contributed by atoms with Crippen molar-refractivity contribution >= 4 is 0 Å². The summed E-state index contributed by atoms with van der Waals surface area (Å²) in [6.45, 7) is 2.20. The second-order valence-electron chi connectivity index (χ2n) is 8.48. The van der Waals surface area contributed by atoms with Gasteiger partial charge in [0.15, 0.2) is 0 Å². The second-order valence-corrected chi connectivity index (χ2v) is 8.48. The van der Waals surface area contributed by atoms with Crippen molar-refractivity contribution < 1.29 is 13.3 Å². The van der Waals surface area contributed by atoms with Crippen LogP contribution in [0.5, 0.6) is 0 Å².